The van der Waals surface area contributed by atoms with E-state index in [9.17, 15) is 24.0 Å². The number of hydrogen-bond donors (Lipinski definition) is 3. The number of amides is 4. The number of aromatic amines is 1. The molecule has 3 N–H and O–H groups in total. The summed E-state index contributed by atoms with van der Waals surface area (Å²) in [5.74, 6) is -2.02. The van der Waals surface area contributed by atoms with E-state index in [4.69, 9.17) is 4.74 Å². The predicted octanol–water partition coefficient (Wildman–Crippen LogP) is 2.41. The zero-order valence-electron chi connectivity index (χ0n) is 21.2. The standard InChI is InChI=1S/C27H29N5O6/c1-3-38-22(33)15-29-27(37)30-21-11-7-10-19-20(14-28-23(19)21)24(34)26(36)32-13-12-31(16-17(32)2)25(35)18-8-5-4-6-9-18/h4-11,14,17,28H,3,12-13,15-16H2,1-2H3,(H2,29,30,37). The number of carbonyl (C=O) groups is 5. The van der Waals surface area contributed by atoms with Gasteiger partial charge in [0, 0.05) is 42.8 Å². The van der Waals surface area contributed by atoms with Crippen LogP contribution in [0, 0.1) is 0 Å². The molecule has 38 heavy (non-hydrogen) atoms. The topological polar surface area (TPSA) is 141 Å². The Morgan fingerprint density at radius 3 is 2.50 bits per heavy atom. The van der Waals surface area contributed by atoms with E-state index in [1.54, 1.807) is 54.3 Å². The number of ether oxygens (including phenoxy) is 1. The van der Waals surface area contributed by atoms with Crippen molar-refractivity contribution in [3.8, 4) is 0 Å². The monoisotopic (exact) mass is 519 g/mol. The lowest BCUT2D eigenvalue weighted by atomic mass is 10.1. The number of urea groups is 1. The summed E-state index contributed by atoms with van der Waals surface area (Å²) in [4.78, 5) is 69.0. The molecule has 198 valence electrons. The maximum Gasteiger partial charge on any atom is 0.325 e. The van der Waals surface area contributed by atoms with Crippen molar-refractivity contribution in [3.05, 3.63) is 65.9 Å². The summed E-state index contributed by atoms with van der Waals surface area (Å²) in [6.45, 7) is 4.26. The first-order valence-electron chi connectivity index (χ1n) is 12.3. The van der Waals surface area contributed by atoms with Crippen LogP contribution in [0.25, 0.3) is 10.9 Å². The van der Waals surface area contributed by atoms with E-state index < -0.39 is 23.7 Å². The highest BCUT2D eigenvalue weighted by atomic mass is 16.5. The molecule has 1 saturated heterocycles. The molecule has 11 nitrogen and oxygen atoms in total. The predicted molar refractivity (Wildman–Crippen MR) is 140 cm³/mol. The van der Waals surface area contributed by atoms with Gasteiger partial charge in [0.25, 0.3) is 17.6 Å². The lowest BCUT2D eigenvalue weighted by molar-refractivity contribution is -0.141. The molecule has 0 aliphatic carbocycles. The van der Waals surface area contributed by atoms with Crippen LogP contribution >= 0.6 is 0 Å². The minimum absolute atomic E-state index is 0.112. The average Bonchev–Trinajstić information content (AvgIpc) is 3.36. The van der Waals surface area contributed by atoms with Crippen LogP contribution in [0.15, 0.2) is 54.7 Å². The van der Waals surface area contributed by atoms with Crippen molar-refractivity contribution in [2.24, 2.45) is 0 Å². The summed E-state index contributed by atoms with van der Waals surface area (Å²) in [6.07, 6.45) is 1.44. The molecule has 4 amide bonds. The zero-order chi connectivity index (χ0) is 27.2. The van der Waals surface area contributed by atoms with E-state index >= 15 is 0 Å². The summed E-state index contributed by atoms with van der Waals surface area (Å²) >= 11 is 0. The molecule has 1 fully saturated rings. The molecule has 2 heterocycles. The van der Waals surface area contributed by atoms with Gasteiger partial charge in [-0.25, -0.2) is 4.79 Å². The van der Waals surface area contributed by atoms with Crippen LogP contribution in [0.1, 0.15) is 34.6 Å². The van der Waals surface area contributed by atoms with Gasteiger partial charge in [-0.1, -0.05) is 30.3 Å². The van der Waals surface area contributed by atoms with Gasteiger partial charge < -0.3 is 30.2 Å². The maximum atomic E-state index is 13.2. The van der Waals surface area contributed by atoms with Gasteiger partial charge in [0.15, 0.2) is 0 Å². The second-order valence-electron chi connectivity index (χ2n) is 8.84. The van der Waals surface area contributed by atoms with Gasteiger partial charge in [-0.15, -0.1) is 0 Å². The molecule has 1 aliphatic heterocycles. The summed E-state index contributed by atoms with van der Waals surface area (Å²) in [7, 11) is 0. The third-order valence-electron chi connectivity index (χ3n) is 6.30. The number of para-hydroxylation sites is 1. The van der Waals surface area contributed by atoms with E-state index in [1.165, 1.54) is 11.1 Å². The molecule has 4 rings (SSSR count). The van der Waals surface area contributed by atoms with Crippen molar-refractivity contribution in [1.82, 2.24) is 20.1 Å². The van der Waals surface area contributed by atoms with E-state index in [0.29, 0.717) is 35.2 Å². The highest BCUT2D eigenvalue weighted by molar-refractivity contribution is 6.45. The fourth-order valence-electron chi connectivity index (χ4n) is 4.43. The Hall–Kier alpha value is -4.67. The van der Waals surface area contributed by atoms with E-state index in [0.717, 1.165) is 0 Å². The Labute approximate surface area is 219 Å². The largest absolute Gasteiger partial charge is 0.465 e. The van der Waals surface area contributed by atoms with Gasteiger partial charge in [-0.3, -0.25) is 19.2 Å². The van der Waals surface area contributed by atoms with Crippen molar-refractivity contribution in [2.45, 2.75) is 19.9 Å². The highest BCUT2D eigenvalue weighted by Crippen LogP contribution is 2.26. The van der Waals surface area contributed by atoms with E-state index in [-0.39, 0.29) is 37.2 Å². The third kappa shape index (κ3) is 5.66. The normalized spacial score (nSPS) is 15.2. The average molecular weight is 520 g/mol. The number of benzene rings is 2. The molecule has 11 heteroatoms. The summed E-state index contributed by atoms with van der Waals surface area (Å²) in [5, 5.41) is 5.50. The summed E-state index contributed by atoms with van der Waals surface area (Å²) in [5.41, 5.74) is 1.59. The van der Waals surface area contributed by atoms with Crippen LogP contribution < -0.4 is 10.6 Å². The highest BCUT2D eigenvalue weighted by Gasteiger charge is 2.34. The van der Waals surface area contributed by atoms with Gasteiger partial charge in [0.2, 0.25) is 0 Å². The van der Waals surface area contributed by atoms with Crippen molar-refractivity contribution in [1.29, 1.82) is 0 Å². The molecular formula is C27H29N5O6. The molecule has 1 atom stereocenters. The maximum absolute atomic E-state index is 13.2. The molecule has 2 aromatic carbocycles. The summed E-state index contributed by atoms with van der Waals surface area (Å²) < 4.78 is 4.78. The second kappa shape index (κ2) is 11.6. The van der Waals surface area contributed by atoms with Crippen molar-refractivity contribution < 1.29 is 28.7 Å². The number of esters is 1. The molecule has 1 aliphatic rings. The number of H-pyrrole nitrogens is 1. The third-order valence-corrected chi connectivity index (χ3v) is 6.30. The molecule has 1 unspecified atom stereocenters. The molecule has 0 saturated carbocycles. The van der Waals surface area contributed by atoms with Crippen LogP contribution in [0.3, 0.4) is 0 Å². The van der Waals surface area contributed by atoms with Crippen LogP contribution in [0.4, 0.5) is 10.5 Å². The first kappa shape index (κ1) is 26.4. The lowest BCUT2D eigenvalue weighted by Crippen LogP contribution is -2.56. The number of rotatable bonds is 7. The second-order valence-corrected chi connectivity index (χ2v) is 8.84. The number of carbonyl (C=O) groups excluding carboxylic acids is 5. The Morgan fingerprint density at radius 1 is 1.03 bits per heavy atom. The Balaban J connectivity index is 1.43. The number of hydrogen-bond acceptors (Lipinski definition) is 6. The van der Waals surface area contributed by atoms with E-state index in [1.807, 2.05) is 13.0 Å². The molecule has 1 aromatic heterocycles. The van der Waals surface area contributed by atoms with Gasteiger partial charge in [-0.2, -0.15) is 0 Å². The number of anilines is 1. The fourth-order valence-corrected chi connectivity index (χ4v) is 4.43. The fraction of sp³-hybridized carbons (Fsp3) is 0.296. The summed E-state index contributed by atoms with van der Waals surface area (Å²) in [6, 6.07) is 12.9. The van der Waals surface area contributed by atoms with Gasteiger partial charge in [-0.05, 0) is 32.0 Å². The van der Waals surface area contributed by atoms with Crippen molar-refractivity contribution in [2.75, 3.05) is 38.1 Å². The van der Waals surface area contributed by atoms with Crippen LogP contribution in [-0.2, 0) is 14.3 Å². The quantitative estimate of drug-likeness (QED) is 0.249. The van der Waals surface area contributed by atoms with Crippen molar-refractivity contribution in [3.63, 3.8) is 0 Å². The van der Waals surface area contributed by atoms with Gasteiger partial charge >= 0.3 is 12.0 Å². The minimum atomic E-state index is -0.685. The van der Waals surface area contributed by atoms with Gasteiger partial charge in [0.1, 0.15) is 6.54 Å². The number of nitrogens with one attached hydrogen (secondary N) is 3. The number of aromatic nitrogens is 1. The molecular weight excluding hydrogens is 490 g/mol. The van der Waals surface area contributed by atoms with Crippen LogP contribution in [0.5, 0.6) is 0 Å². The lowest BCUT2D eigenvalue weighted by Gasteiger charge is -2.39. The number of ketones is 1. The SMILES string of the molecule is CCOC(=O)CNC(=O)Nc1cccc2c(C(=O)C(=O)N3CCN(C(=O)c4ccccc4)CC3C)c[nH]c12. The molecule has 0 bridgehead atoms. The Morgan fingerprint density at radius 2 is 1.79 bits per heavy atom. The Kier molecular flexibility index (Phi) is 8.05. The Bertz CT molecular complexity index is 1370. The number of piperazine rings is 1. The number of nitrogens with zero attached hydrogens (tertiary/aromatic N) is 2. The smallest absolute Gasteiger partial charge is 0.325 e. The van der Waals surface area contributed by atoms with Crippen molar-refractivity contribution >= 4 is 46.2 Å². The van der Waals surface area contributed by atoms with Crippen LogP contribution in [-0.4, -0.2) is 83.2 Å². The van der Waals surface area contributed by atoms with Gasteiger partial charge in [0.05, 0.1) is 23.4 Å². The minimum Gasteiger partial charge on any atom is -0.465 e. The molecule has 0 spiro atoms. The van der Waals surface area contributed by atoms with Crippen LogP contribution in [0.2, 0.25) is 0 Å². The zero-order valence-corrected chi connectivity index (χ0v) is 21.2. The van der Waals surface area contributed by atoms with E-state index in [2.05, 4.69) is 15.6 Å². The number of Topliss-reactive ketones (excluding diaryl/α,β-unsaturated/α-hetero) is 1. The molecule has 3 aromatic rings. The first-order valence-corrected chi connectivity index (χ1v) is 12.3. The first-order chi connectivity index (χ1) is 18.3. The number of fused-ring (bicyclic) bond motifs is 1. The molecule has 0 radical (unpaired) electrons.